The maximum absolute atomic E-state index is 13.4. The topological polar surface area (TPSA) is 75.3 Å². The van der Waals surface area contributed by atoms with Gasteiger partial charge in [0.15, 0.2) is 0 Å². The minimum absolute atomic E-state index is 0.387. The van der Waals surface area contributed by atoms with Gasteiger partial charge in [-0.15, -0.1) is 0 Å². The minimum Gasteiger partial charge on any atom is -0.496 e. The van der Waals surface area contributed by atoms with E-state index in [0.717, 1.165) is 0 Å². The Bertz CT molecular complexity index is 676. The molecule has 0 bridgehead atoms. The van der Waals surface area contributed by atoms with Crippen LogP contribution in [0.4, 0.5) is 20.7 Å². The summed E-state index contributed by atoms with van der Waals surface area (Å²) in [6.45, 7) is 1.75. The highest BCUT2D eigenvalue weighted by molar-refractivity contribution is 5.89. The van der Waals surface area contributed by atoms with Gasteiger partial charge in [0.2, 0.25) is 0 Å². The average Bonchev–Trinajstić information content (AvgIpc) is 2.55. The number of amides is 2. The number of methoxy groups -OCH3 is 1. The molecule has 0 unspecified atom stereocenters. The molecule has 23 heavy (non-hydrogen) atoms. The van der Waals surface area contributed by atoms with Gasteiger partial charge >= 0.3 is 6.03 Å². The van der Waals surface area contributed by atoms with Crippen LogP contribution in [0.15, 0.2) is 36.5 Å². The molecular weight excluding hydrogens is 299 g/mol. The maximum Gasteiger partial charge on any atom is 0.319 e. The summed E-state index contributed by atoms with van der Waals surface area (Å²) < 4.78 is 18.6. The first-order valence-corrected chi connectivity index (χ1v) is 7.08. The Balaban J connectivity index is 2.03. The molecule has 122 valence electrons. The molecule has 0 saturated heterocycles. The number of urea groups is 1. The van der Waals surface area contributed by atoms with E-state index in [0.29, 0.717) is 22.8 Å². The van der Waals surface area contributed by atoms with Crippen molar-refractivity contribution in [1.29, 1.82) is 0 Å². The lowest BCUT2D eigenvalue weighted by atomic mass is 10.1. The number of hydrogen-bond donors (Lipinski definition) is 3. The Morgan fingerprint density at radius 3 is 2.70 bits per heavy atom. The van der Waals surface area contributed by atoms with Gasteiger partial charge < -0.3 is 20.7 Å². The van der Waals surface area contributed by atoms with Crippen LogP contribution in [0.5, 0.6) is 5.75 Å². The lowest BCUT2D eigenvalue weighted by molar-refractivity contribution is 0.249. The number of anilines is 2. The summed E-state index contributed by atoms with van der Waals surface area (Å²) in [5, 5.41) is 8.30. The summed E-state index contributed by atoms with van der Waals surface area (Å²) in [5.74, 6) is 0.828. The zero-order valence-electron chi connectivity index (χ0n) is 13.2. The van der Waals surface area contributed by atoms with E-state index in [1.54, 1.807) is 32.3 Å². The Morgan fingerprint density at radius 1 is 1.30 bits per heavy atom. The number of ether oxygens (including phenoxy) is 1. The molecule has 3 N–H and O–H groups in total. The van der Waals surface area contributed by atoms with Gasteiger partial charge in [0.1, 0.15) is 17.4 Å². The standard InChI is InChI=1S/C16H19FN4O2/c1-10(13-8-11(17)4-6-14(13)23-3)20-16(22)21-12-5-7-15(18-2)19-9-12/h4-10H,1-3H3,(H,18,19)(H2,20,21,22)/t10-/m0/s1. The Morgan fingerprint density at radius 2 is 2.09 bits per heavy atom. The van der Waals surface area contributed by atoms with Gasteiger partial charge in [0.25, 0.3) is 0 Å². The fourth-order valence-corrected chi connectivity index (χ4v) is 2.10. The molecule has 0 fully saturated rings. The quantitative estimate of drug-likeness (QED) is 0.791. The first-order valence-electron chi connectivity index (χ1n) is 7.08. The smallest absolute Gasteiger partial charge is 0.319 e. The van der Waals surface area contributed by atoms with Gasteiger partial charge in [-0.25, -0.2) is 14.2 Å². The lowest BCUT2D eigenvalue weighted by Crippen LogP contribution is -2.31. The van der Waals surface area contributed by atoms with Crippen molar-refractivity contribution < 1.29 is 13.9 Å². The number of pyridine rings is 1. The number of nitrogens with one attached hydrogen (secondary N) is 3. The molecule has 2 amide bonds. The van der Waals surface area contributed by atoms with Gasteiger partial charge in [-0.2, -0.15) is 0 Å². The summed E-state index contributed by atoms with van der Waals surface area (Å²) in [4.78, 5) is 16.1. The van der Waals surface area contributed by atoms with Gasteiger partial charge in [-0.05, 0) is 37.3 Å². The molecule has 1 heterocycles. The van der Waals surface area contributed by atoms with Gasteiger partial charge in [-0.1, -0.05) is 0 Å². The molecule has 0 aliphatic rings. The molecule has 1 aromatic heterocycles. The highest BCUT2D eigenvalue weighted by atomic mass is 19.1. The van der Waals surface area contributed by atoms with Crippen molar-refractivity contribution in [2.24, 2.45) is 0 Å². The second-order valence-electron chi connectivity index (χ2n) is 4.89. The van der Waals surface area contributed by atoms with Gasteiger partial charge in [0.05, 0.1) is 25.0 Å². The van der Waals surface area contributed by atoms with E-state index in [2.05, 4.69) is 20.9 Å². The summed E-state index contributed by atoms with van der Waals surface area (Å²) >= 11 is 0. The van der Waals surface area contributed by atoms with Crippen molar-refractivity contribution in [3.05, 3.63) is 47.9 Å². The normalized spacial score (nSPS) is 11.5. The fraction of sp³-hybridized carbons (Fsp3) is 0.250. The minimum atomic E-state index is -0.426. The van der Waals surface area contributed by atoms with Crippen LogP contribution in [0.2, 0.25) is 0 Å². The van der Waals surface area contributed by atoms with Crippen LogP contribution in [0, 0.1) is 5.82 Å². The fourth-order valence-electron chi connectivity index (χ4n) is 2.10. The van der Waals surface area contributed by atoms with Gasteiger partial charge in [-0.3, -0.25) is 0 Å². The number of hydrogen-bond acceptors (Lipinski definition) is 4. The number of rotatable bonds is 5. The predicted molar refractivity (Wildman–Crippen MR) is 87.3 cm³/mol. The zero-order valence-corrected chi connectivity index (χ0v) is 13.2. The Labute approximate surface area is 134 Å². The Kier molecular flexibility index (Phi) is 5.35. The van der Waals surface area contributed by atoms with Gasteiger partial charge in [0, 0.05) is 12.6 Å². The maximum atomic E-state index is 13.4. The molecule has 1 atom stereocenters. The number of nitrogens with zero attached hydrogens (tertiary/aromatic N) is 1. The summed E-state index contributed by atoms with van der Waals surface area (Å²) in [6.07, 6.45) is 1.54. The number of benzene rings is 1. The zero-order chi connectivity index (χ0) is 16.8. The Hall–Kier alpha value is -2.83. The SMILES string of the molecule is CNc1ccc(NC(=O)N[C@@H](C)c2cc(F)ccc2OC)cn1. The lowest BCUT2D eigenvalue weighted by Gasteiger charge is -2.18. The highest BCUT2D eigenvalue weighted by Gasteiger charge is 2.15. The largest absolute Gasteiger partial charge is 0.496 e. The molecule has 0 radical (unpaired) electrons. The number of carbonyl (C=O) groups excluding carboxylic acids is 1. The molecular formula is C16H19FN4O2. The number of carbonyl (C=O) groups is 1. The molecule has 7 heteroatoms. The van der Waals surface area contributed by atoms with E-state index >= 15 is 0 Å². The van der Waals surface area contributed by atoms with Crippen LogP contribution < -0.4 is 20.7 Å². The van der Waals surface area contributed by atoms with Crippen LogP contribution in [0.1, 0.15) is 18.5 Å². The van der Waals surface area contributed by atoms with Crippen molar-refractivity contribution in [2.45, 2.75) is 13.0 Å². The van der Waals surface area contributed by atoms with E-state index in [4.69, 9.17) is 4.74 Å². The monoisotopic (exact) mass is 318 g/mol. The molecule has 0 aliphatic carbocycles. The average molecular weight is 318 g/mol. The third-order valence-electron chi connectivity index (χ3n) is 3.28. The molecule has 0 spiro atoms. The molecule has 0 saturated carbocycles. The van der Waals surface area contributed by atoms with Crippen LogP contribution in [-0.4, -0.2) is 25.2 Å². The van der Waals surface area contributed by atoms with Crippen molar-refractivity contribution in [3.8, 4) is 5.75 Å². The summed E-state index contributed by atoms with van der Waals surface area (Å²) in [5.41, 5.74) is 1.12. The molecule has 2 aromatic rings. The predicted octanol–water partition coefficient (Wildman–Crippen LogP) is 3.15. The van der Waals surface area contributed by atoms with E-state index in [1.165, 1.54) is 25.3 Å². The van der Waals surface area contributed by atoms with Crippen molar-refractivity contribution in [1.82, 2.24) is 10.3 Å². The highest BCUT2D eigenvalue weighted by Crippen LogP contribution is 2.25. The summed E-state index contributed by atoms with van der Waals surface area (Å²) in [6, 6.07) is 6.81. The van der Waals surface area contributed by atoms with E-state index in [-0.39, 0.29) is 5.82 Å². The van der Waals surface area contributed by atoms with Crippen molar-refractivity contribution in [2.75, 3.05) is 24.8 Å². The van der Waals surface area contributed by atoms with Crippen molar-refractivity contribution in [3.63, 3.8) is 0 Å². The number of aromatic nitrogens is 1. The molecule has 2 rings (SSSR count). The van der Waals surface area contributed by atoms with Crippen LogP contribution in [-0.2, 0) is 0 Å². The first-order chi connectivity index (χ1) is 11.0. The summed E-state index contributed by atoms with van der Waals surface area (Å²) in [7, 11) is 3.26. The third kappa shape index (κ3) is 4.32. The van der Waals surface area contributed by atoms with Crippen molar-refractivity contribution >= 4 is 17.5 Å². The van der Waals surface area contributed by atoms with Crippen LogP contribution >= 0.6 is 0 Å². The first kappa shape index (κ1) is 16.5. The van der Waals surface area contributed by atoms with E-state index in [1.807, 2.05) is 0 Å². The molecule has 0 aliphatic heterocycles. The van der Waals surface area contributed by atoms with Crippen LogP contribution in [0.3, 0.4) is 0 Å². The van der Waals surface area contributed by atoms with Crippen LogP contribution in [0.25, 0.3) is 0 Å². The molecule has 1 aromatic carbocycles. The third-order valence-corrected chi connectivity index (χ3v) is 3.28. The second kappa shape index (κ2) is 7.44. The van der Waals surface area contributed by atoms with E-state index < -0.39 is 12.1 Å². The number of halogens is 1. The van der Waals surface area contributed by atoms with E-state index in [9.17, 15) is 9.18 Å². The molecule has 6 nitrogen and oxygen atoms in total. The second-order valence-corrected chi connectivity index (χ2v) is 4.89.